The number of carbonyl (C=O) groups is 2. The maximum atomic E-state index is 12.1. The van der Waals surface area contributed by atoms with E-state index in [0.29, 0.717) is 18.4 Å². The van der Waals surface area contributed by atoms with Gasteiger partial charge in [0.2, 0.25) is 11.8 Å². The third-order valence-corrected chi connectivity index (χ3v) is 4.74. The quantitative estimate of drug-likeness (QED) is 0.735. The minimum absolute atomic E-state index is 0.0107. The smallest absolute Gasteiger partial charge is 0.242 e. The van der Waals surface area contributed by atoms with E-state index in [-0.39, 0.29) is 24.4 Å². The lowest BCUT2D eigenvalue weighted by Gasteiger charge is -2.37. The number of hydrogen-bond donors (Lipinski definition) is 1. The van der Waals surface area contributed by atoms with Gasteiger partial charge in [0.25, 0.3) is 0 Å². The minimum Gasteiger partial charge on any atom is -0.347 e. The van der Waals surface area contributed by atoms with Crippen LogP contribution in [0.2, 0.25) is 0 Å². The number of nitrogens with one attached hydrogen (secondary N) is 1. The summed E-state index contributed by atoms with van der Waals surface area (Å²) in [6.45, 7) is 2.20. The van der Waals surface area contributed by atoms with Crippen molar-refractivity contribution in [2.45, 2.75) is 51.1 Å². The summed E-state index contributed by atoms with van der Waals surface area (Å²) in [7, 11) is 0. The summed E-state index contributed by atoms with van der Waals surface area (Å²) in [5.41, 5.74) is 0. The molecule has 0 aromatic carbocycles. The summed E-state index contributed by atoms with van der Waals surface area (Å²) in [6, 6.07) is 0.471. The molecule has 4 nitrogen and oxygen atoms in total. The van der Waals surface area contributed by atoms with Gasteiger partial charge in [-0.25, -0.2) is 0 Å². The summed E-state index contributed by atoms with van der Waals surface area (Å²) >= 11 is 0. The van der Waals surface area contributed by atoms with E-state index in [9.17, 15) is 9.59 Å². The van der Waals surface area contributed by atoms with E-state index in [2.05, 4.69) is 5.32 Å². The van der Waals surface area contributed by atoms with E-state index in [1.54, 1.807) is 0 Å². The zero-order valence-corrected chi connectivity index (χ0v) is 10.3. The zero-order chi connectivity index (χ0) is 12.0. The van der Waals surface area contributed by atoms with Crippen molar-refractivity contribution in [2.24, 2.45) is 11.8 Å². The van der Waals surface area contributed by atoms with Gasteiger partial charge in [-0.2, -0.15) is 0 Å². The normalized spacial score (nSPS) is 41.6. The summed E-state index contributed by atoms with van der Waals surface area (Å²) in [6.07, 6.45) is 5.53. The van der Waals surface area contributed by atoms with Crippen LogP contribution in [-0.2, 0) is 9.59 Å². The van der Waals surface area contributed by atoms with Gasteiger partial charge in [0, 0.05) is 18.5 Å². The number of nitrogens with zero attached hydrogens (tertiary/aromatic N) is 1. The van der Waals surface area contributed by atoms with Crippen molar-refractivity contribution < 1.29 is 9.59 Å². The topological polar surface area (TPSA) is 49.4 Å². The molecule has 4 atom stereocenters. The molecule has 3 fully saturated rings. The second kappa shape index (κ2) is 4.00. The van der Waals surface area contributed by atoms with Gasteiger partial charge < -0.3 is 10.2 Å². The van der Waals surface area contributed by atoms with Gasteiger partial charge in [-0.3, -0.25) is 9.59 Å². The zero-order valence-electron chi connectivity index (χ0n) is 10.3. The Hall–Kier alpha value is -1.06. The first-order valence-electron chi connectivity index (χ1n) is 6.73. The van der Waals surface area contributed by atoms with Crippen LogP contribution in [0.15, 0.2) is 0 Å². The molecular weight excluding hydrogens is 216 g/mol. The van der Waals surface area contributed by atoms with E-state index >= 15 is 0 Å². The molecule has 1 saturated heterocycles. The first-order valence-corrected chi connectivity index (χ1v) is 6.73. The molecule has 4 unspecified atom stereocenters. The van der Waals surface area contributed by atoms with Crippen molar-refractivity contribution in [3.8, 4) is 0 Å². The van der Waals surface area contributed by atoms with Gasteiger partial charge in [0.1, 0.15) is 0 Å². The van der Waals surface area contributed by atoms with E-state index in [1.807, 2.05) is 11.8 Å². The van der Waals surface area contributed by atoms with Crippen molar-refractivity contribution in [1.82, 2.24) is 10.2 Å². The number of carbonyl (C=O) groups excluding carboxylic acids is 2. The molecule has 2 amide bonds. The molecule has 2 bridgehead atoms. The van der Waals surface area contributed by atoms with Crippen molar-refractivity contribution in [2.75, 3.05) is 6.54 Å². The van der Waals surface area contributed by atoms with Crippen LogP contribution in [0.25, 0.3) is 0 Å². The highest BCUT2D eigenvalue weighted by molar-refractivity contribution is 5.88. The summed E-state index contributed by atoms with van der Waals surface area (Å²) in [5.74, 6) is 1.65. The first kappa shape index (κ1) is 11.1. The van der Waals surface area contributed by atoms with Gasteiger partial charge in [-0.15, -0.1) is 0 Å². The van der Waals surface area contributed by atoms with Gasteiger partial charge in [-0.05, 0) is 38.0 Å². The van der Waals surface area contributed by atoms with Crippen molar-refractivity contribution >= 4 is 11.8 Å². The Balaban J connectivity index is 1.80. The lowest BCUT2D eigenvalue weighted by atomic mass is 9.92. The van der Waals surface area contributed by atoms with Crippen LogP contribution < -0.4 is 5.32 Å². The molecular formula is C13H20N2O2. The monoisotopic (exact) mass is 236 g/mol. The molecule has 1 aliphatic heterocycles. The fourth-order valence-electron chi connectivity index (χ4n) is 4.01. The fraction of sp³-hybridized carbons (Fsp3) is 0.846. The summed E-state index contributed by atoms with van der Waals surface area (Å²) < 4.78 is 0. The van der Waals surface area contributed by atoms with Gasteiger partial charge in [0.05, 0.1) is 6.54 Å². The minimum atomic E-state index is 0.0107. The van der Waals surface area contributed by atoms with Gasteiger partial charge >= 0.3 is 0 Å². The molecule has 0 spiro atoms. The van der Waals surface area contributed by atoms with Crippen LogP contribution in [0.4, 0.5) is 0 Å². The number of hydrogen-bond acceptors (Lipinski definition) is 2. The Morgan fingerprint density at radius 2 is 2.06 bits per heavy atom. The Morgan fingerprint density at radius 1 is 1.24 bits per heavy atom. The number of amides is 2. The number of rotatable bonds is 1. The van der Waals surface area contributed by atoms with Crippen molar-refractivity contribution in [1.29, 1.82) is 0 Å². The summed E-state index contributed by atoms with van der Waals surface area (Å²) in [4.78, 5) is 25.6. The van der Waals surface area contributed by atoms with E-state index in [1.165, 1.54) is 19.3 Å². The van der Waals surface area contributed by atoms with Crippen LogP contribution in [0.1, 0.15) is 39.0 Å². The third-order valence-electron chi connectivity index (χ3n) is 4.74. The standard InChI is InChI=1S/C13H20N2O2/c1-8-4-12(16)14-7-13(17)15(8)11-6-9-2-3-10(11)5-9/h8-11H,2-7H2,1H3,(H,14,16). The molecule has 3 aliphatic rings. The van der Waals surface area contributed by atoms with Gasteiger partial charge in [0.15, 0.2) is 0 Å². The molecule has 2 aliphatic carbocycles. The molecule has 1 N–H and O–H groups in total. The average Bonchev–Trinajstić information content (AvgIpc) is 2.85. The van der Waals surface area contributed by atoms with E-state index in [0.717, 1.165) is 12.3 Å². The van der Waals surface area contributed by atoms with Crippen LogP contribution in [0, 0.1) is 11.8 Å². The highest BCUT2D eigenvalue weighted by Gasteiger charge is 2.45. The number of fused-ring (bicyclic) bond motifs is 2. The maximum absolute atomic E-state index is 12.1. The molecule has 94 valence electrons. The third kappa shape index (κ3) is 1.83. The highest BCUT2D eigenvalue weighted by Crippen LogP contribution is 2.47. The average molecular weight is 236 g/mol. The molecule has 0 aromatic heterocycles. The van der Waals surface area contributed by atoms with Crippen LogP contribution in [0.5, 0.6) is 0 Å². The Bertz CT molecular complexity index is 355. The predicted molar refractivity (Wildman–Crippen MR) is 63.2 cm³/mol. The molecule has 1 heterocycles. The largest absolute Gasteiger partial charge is 0.347 e. The Kier molecular flexibility index (Phi) is 2.60. The van der Waals surface area contributed by atoms with E-state index in [4.69, 9.17) is 0 Å². The molecule has 0 aromatic rings. The molecule has 4 heteroatoms. The molecule has 0 radical (unpaired) electrons. The molecule has 3 rings (SSSR count). The Morgan fingerprint density at radius 3 is 2.71 bits per heavy atom. The fourth-order valence-corrected chi connectivity index (χ4v) is 4.01. The van der Waals surface area contributed by atoms with Crippen LogP contribution in [0.3, 0.4) is 0 Å². The second-order valence-electron chi connectivity index (χ2n) is 5.87. The lowest BCUT2D eigenvalue weighted by Crippen LogP contribution is -2.48. The highest BCUT2D eigenvalue weighted by atomic mass is 16.2. The van der Waals surface area contributed by atoms with Crippen molar-refractivity contribution in [3.63, 3.8) is 0 Å². The lowest BCUT2D eigenvalue weighted by molar-refractivity contribution is -0.135. The van der Waals surface area contributed by atoms with E-state index < -0.39 is 0 Å². The van der Waals surface area contributed by atoms with Crippen molar-refractivity contribution in [3.05, 3.63) is 0 Å². The van der Waals surface area contributed by atoms with Gasteiger partial charge in [-0.1, -0.05) is 6.42 Å². The Labute approximate surface area is 102 Å². The SMILES string of the molecule is CC1CC(=O)NCC(=O)N1C1CC2CCC1C2. The molecule has 17 heavy (non-hydrogen) atoms. The van der Waals surface area contributed by atoms with Crippen LogP contribution >= 0.6 is 0 Å². The predicted octanol–water partition coefficient (Wildman–Crippen LogP) is 0.912. The summed E-state index contributed by atoms with van der Waals surface area (Å²) in [5, 5.41) is 2.69. The second-order valence-corrected chi connectivity index (χ2v) is 5.87. The van der Waals surface area contributed by atoms with Crippen LogP contribution in [-0.4, -0.2) is 35.3 Å². The first-order chi connectivity index (χ1) is 8.15. The molecule has 2 saturated carbocycles. The maximum Gasteiger partial charge on any atom is 0.242 e.